The highest BCUT2D eigenvalue weighted by Gasteiger charge is 2.55. The molecule has 3 aliphatic heterocycles. The van der Waals surface area contributed by atoms with Gasteiger partial charge in [0, 0.05) is 31.1 Å². The van der Waals surface area contributed by atoms with Crippen LogP contribution in [0.1, 0.15) is 62.4 Å². The Hall–Kier alpha value is -2.87. The van der Waals surface area contributed by atoms with E-state index in [0.29, 0.717) is 56.3 Å². The highest BCUT2D eigenvalue weighted by Crippen LogP contribution is 2.38. The maximum Gasteiger partial charge on any atom is 0.325 e. The summed E-state index contributed by atoms with van der Waals surface area (Å²) in [4.78, 5) is 45.3. The van der Waals surface area contributed by atoms with Crippen LogP contribution in [0.2, 0.25) is 0 Å². The molecule has 5 rings (SSSR count). The van der Waals surface area contributed by atoms with E-state index in [2.05, 4.69) is 24.2 Å². The molecule has 0 aliphatic carbocycles. The molecule has 0 saturated carbocycles. The number of benzene rings is 1. The van der Waals surface area contributed by atoms with E-state index in [1.807, 2.05) is 29.2 Å². The van der Waals surface area contributed by atoms with Gasteiger partial charge in [0.2, 0.25) is 0 Å². The van der Waals surface area contributed by atoms with Crippen LogP contribution < -0.4 is 5.32 Å². The van der Waals surface area contributed by atoms with Gasteiger partial charge in [-0.15, -0.1) is 0 Å². The minimum Gasteiger partial charge on any atom is -0.451 e. The van der Waals surface area contributed by atoms with E-state index >= 15 is 0 Å². The number of hydrogen-bond donors (Lipinski definition) is 1. The lowest BCUT2D eigenvalue weighted by molar-refractivity contribution is -0.134. The minimum absolute atomic E-state index is 0.0118. The SMILES string of the molecule is CCC[C@]1(C2CCN(C(=O)c3cc4ccccc4o3)CC2)NC(=O)N(CC[C@H]2CCCN2C)C1=O. The number of furan rings is 1. The van der Waals surface area contributed by atoms with Crippen LogP contribution in [0.4, 0.5) is 4.79 Å². The maximum absolute atomic E-state index is 13.7. The number of likely N-dealkylation sites (tertiary alicyclic amines) is 2. The van der Waals surface area contributed by atoms with Gasteiger partial charge >= 0.3 is 6.03 Å². The molecular formula is C27H36N4O4. The Labute approximate surface area is 206 Å². The largest absolute Gasteiger partial charge is 0.451 e. The summed E-state index contributed by atoms with van der Waals surface area (Å²) >= 11 is 0. The highest BCUT2D eigenvalue weighted by molar-refractivity contribution is 6.07. The lowest BCUT2D eigenvalue weighted by Crippen LogP contribution is -2.56. The Morgan fingerprint density at radius 3 is 2.60 bits per heavy atom. The Bertz CT molecular complexity index is 1070. The molecule has 8 nitrogen and oxygen atoms in total. The number of imide groups is 1. The second kappa shape index (κ2) is 9.64. The van der Waals surface area contributed by atoms with Crippen molar-refractivity contribution in [2.45, 2.75) is 63.5 Å². The maximum atomic E-state index is 13.7. The molecule has 0 unspecified atom stereocenters. The number of nitrogens with zero attached hydrogens (tertiary/aromatic N) is 3. The smallest absolute Gasteiger partial charge is 0.325 e. The number of piperidine rings is 1. The van der Waals surface area contributed by atoms with Gasteiger partial charge in [0.15, 0.2) is 5.76 Å². The summed E-state index contributed by atoms with van der Waals surface area (Å²) in [6.07, 6.45) is 5.91. The number of carbonyl (C=O) groups is 3. The third-order valence-corrected chi connectivity index (χ3v) is 8.32. The second-order valence-electron chi connectivity index (χ2n) is 10.4. The predicted octanol–water partition coefficient (Wildman–Crippen LogP) is 3.86. The van der Waals surface area contributed by atoms with Gasteiger partial charge in [-0.25, -0.2) is 4.79 Å². The topological polar surface area (TPSA) is 86.1 Å². The van der Waals surface area contributed by atoms with Crippen molar-refractivity contribution in [1.82, 2.24) is 20.0 Å². The zero-order valence-electron chi connectivity index (χ0n) is 20.8. The number of amides is 4. The normalized spacial score (nSPS) is 26.2. The molecule has 1 aromatic carbocycles. The van der Waals surface area contributed by atoms with Crippen molar-refractivity contribution in [3.05, 3.63) is 36.1 Å². The number of fused-ring (bicyclic) bond motifs is 1. The molecule has 1 N–H and O–H groups in total. The molecule has 8 heteroatoms. The number of hydrogen-bond acceptors (Lipinski definition) is 5. The van der Waals surface area contributed by atoms with E-state index in [4.69, 9.17) is 4.42 Å². The van der Waals surface area contributed by atoms with E-state index < -0.39 is 5.54 Å². The van der Waals surface area contributed by atoms with Gasteiger partial charge in [-0.3, -0.25) is 14.5 Å². The molecule has 2 aromatic rings. The molecule has 3 aliphatic rings. The summed E-state index contributed by atoms with van der Waals surface area (Å²) in [5.41, 5.74) is -0.155. The van der Waals surface area contributed by atoms with Gasteiger partial charge in [0.05, 0.1) is 0 Å². The standard InChI is InChI=1S/C27H36N4O4/c1-3-13-27(25(33)31(26(34)28-27)17-12-21-8-6-14-29(21)2)20-10-15-30(16-11-20)24(32)23-18-19-7-4-5-9-22(19)35-23/h4-5,7,9,18,20-21H,3,6,8,10-17H2,1-2H3,(H,28,34)/t21-,27-/m1/s1. The van der Waals surface area contributed by atoms with Crippen molar-refractivity contribution in [3.8, 4) is 0 Å². The van der Waals surface area contributed by atoms with Crippen LogP contribution in [0.3, 0.4) is 0 Å². The molecule has 3 fully saturated rings. The number of nitrogens with one attached hydrogen (secondary N) is 1. The Balaban J connectivity index is 1.25. The molecule has 3 saturated heterocycles. The van der Waals surface area contributed by atoms with E-state index in [-0.39, 0.29) is 23.8 Å². The first-order valence-corrected chi connectivity index (χ1v) is 13.0. The quantitative estimate of drug-likeness (QED) is 0.608. The fourth-order valence-electron chi connectivity index (χ4n) is 6.33. The number of para-hydroxylation sites is 1. The fourth-order valence-corrected chi connectivity index (χ4v) is 6.33. The average Bonchev–Trinajstić information content (AvgIpc) is 3.54. The summed E-state index contributed by atoms with van der Waals surface area (Å²) in [6, 6.07) is 9.57. The molecule has 35 heavy (non-hydrogen) atoms. The molecule has 4 heterocycles. The van der Waals surface area contributed by atoms with Crippen molar-refractivity contribution >= 4 is 28.8 Å². The Morgan fingerprint density at radius 2 is 1.91 bits per heavy atom. The lowest BCUT2D eigenvalue weighted by atomic mass is 9.74. The zero-order chi connectivity index (χ0) is 24.6. The Kier molecular flexibility index (Phi) is 6.57. The molecule has 2 atom stereocenters. The van der Waals surface area contributed by atoms with Crippen molar-refractivity contribution in [1.29, 1.82) is 0 Å². The number of rotatable bonds is 7. The van der Waals surface area contributed by atoms with Gasteiger partial charge in [0.25, 0.3) is 11.8 Å². The molecule has 0 bridgehead atoms. The van der Waals surface area contributed by atoms with Gasteiger partial charge in [-0.05, 0) is 70.2 Å². The second-order valence-corrected chi connectivity index (χ2v) is 10.4. The van der Waals surface area contributed by atoms with Crippen LogP contribution >= 0.6 is 0 Å². The van der Waals surface area contributed by atoms with Crippen LogP contribution in [0.25, 0.3) is 11.0 Å². The molecule has 0 radical (unpaired) electrons. The van der Waals surface area contributed by atoms with Crippen LogP contribution in [0, 0.1) is 5.92 Å². The van der Waals surface area contributed by atoms with Crippen molar-refractivity contribution in [2.24, 2.45) is 5.92 Å². The molecular weight excluding hydrogens is 444 g/mol. The first-order valence-electron chi connectivity index (χ1n) is 13.0. The summed E-state index contributed by atoms with van der Waals surface area (Å²) < 4.78 is 5.78. The lowest BCUT2D eigenvalue weighted by Gasteiger charge is -2.40. The van der Waals surface area contributed by atoms with Crippen molar-refractivity contribution < 1.29 is 18.8 Å². The third kappa shape index (κ3) is 4.33. The van der Waals surface area contributed by atoms with Crippen LogP contribution in [0.15, 0.2) is 34.7 Å². The predicted molar refractivity (Wildman–Crippen MR) is 133 cm³/mol. The van der Waals surface area contributed by atoms with Gasteiger partial charge in [-0.1, -0.05) is 31.5 Å². The number of urea groups is 1. The van der Waals surface area contributed by atoms with Crippen molar-refractivity contribution in [3.63, 3.8) is 0 Å². The first-order chi connectivity index (χ1) is 16.9. The van der Waals surface area contributed by atoms with Gasteiger partial charge in [-0.2, -0.15) is 0 Å². The third-order valence-electron chi connectivity index (χ3n) is 8.32. The molecule has 188 valence electrons. The van der Waals surface area contributed by atoms with Crippen LogP contribution in [0.5, 0.6) is 0 Å². The van der Waals surface area contributed by atoms with Crippen LogP contribution in [-0.2, 0) is 4.79 Å². The Morgan fingerprint density at radius 1 is 1.14 bits per heavy atom. The molecule has 0 spiro atoms. The van der Waals surface area contributed by atoms with Crippen molar-refractivity contribution in [2.75, 3.05) is 33.2 Å². The van der Waals surface area contributed by atoms with E-state index in [0.717, 1.165) is 31.2 Å². The molecule has 4 amide bonds. The average molecular weight is 481 g/mol. The summed E-state index contributed by atoms with van der Waals surface area (Å²) in [6.45, 7) is 4.69. The highest BCUT2D eigenvalue weighted by atomic mass is 16.3. The first kappa shape index (κ1) is 23.9. The van der Waals surface area contributed by atoms with Gasteiger partial charge < -0.3 is 19.5 Å². The minimum atomic E-state index is -0.859. The fraction of sp³-hybridized carbons (Fsp3) is 0.593. The number of carbonyl (C=O) groups excluding carboxylic acids is 3. The van der Waals surface area contributed by atoms with Crippen LogP contribution in [-0.4, -0.2) is 77.4 Å². The van der Waals surface area contributed by atoms with E-state index in [1.165, 1.54) is 11.3 Å². The summed E-state index contributed by atoms with van der Waals surface area (Å²) in [7, 11) is 2.12. The van der Waals surface area contributed by atoms with Gasteiger partial charge in [0.1, 0.15) is 11.1 Å². The van der Waals surface area contributed by atoms with E-state index in [9.17, 15) is 14.4 Å². The monoisotopic (exact) mass is 480 g/mol. The zero-order valence-corrected chi connectivity index (χ0v) is 20.8. The summed E-state index contributed by atoms with van der Waals surface area (Å²) in [5, 5.41) is 4.03. The summed E-state index contributed by atoms with van der Waals surface area (Å²) in [5.74, 6) is 0.166. The molecule has 1 aromatic heterocycles. The van der Waals surface area contributed by atoms with E-state index in [1.54, 1.807) is 6.07 Å².